The van der Waals surface area contributed by atoms with Crippen molar-refractivity contribution in [2.45, 2.75) is 36.7 Å². The maximum absolute atomic E-state index is 12.4. The Hall–Kier alpha value is -1.16. The topological polar surface area (TPSA) is 88.6 Å². The molecular weight excluding hydrogens is 350 g/mol. The second kappa shape index (κ2) is 9.97. The van der Waals surface area contributed by atoms with Gasteiger partial charge in [0, 0.05) is 32.4 Å². The maximum atomic E-state index is 12.4. The fourth-order valence-corrected chi connectivity index (χ4v) is 4.12. The first-order chi connectivity index (χ1) is 11.3. The van der Waals surface area contributed by atoms with Crippen molar-refractivity contribution in [1.82, 2.24) is 14.6 Å². The third-order valence-corrected chi connectivity index (χ3v) is 6.20. The molecule has 0 unspecified atom stereocenters. The number of carbonyl (C=O) groups excluding carboxylic acids is 1. The average Bonchev–Trinajstić information content (AvgIpc) is 2.54. The third kappa shape index (κ3) is 6.04. The molecule has 0 saturated carbocycles. The number of nitrogens with one attached hydrogen (secondary N) is 1. The number of aromatic nitrogens is 1. The summed E-state index contributed by atoms with van der Waals surface area (Å²) in [6.07, 6.45) is 1.33. The lowest BCUT2D eigenvalue weighted by atomic mass is 10.3. The van der Waals surface area contributed by atoms with Crippen LogP contribution in [0.4, 0.5) is 0 Å². The van der Waals surface area contributed by atoms with Gasteiger partial charge in [-0.1, -0.05) is 25.6 Å². The summed E-state index contributed by atoms with van der Waals surface area (Å²) in [5.74, 6) is 0.0922. The molecule has 1 aromatic heterocycles. The van der Waals surface area contributed by atoms with Gasteiger partial charge in [-0.3, -0.25) is 4.79 Å². The van der Waals surface area contributed by atoms with E-state index >= 15 is 0 Å². The normalized spacial score (nSPS) is 13.0. The zero-order chi connectivity index (χ0) is 18.2. The van der Waals surface area contributed by atoms with Crippen LogP contribution in [0.5, 0.6) is 0 Å². The molecule has 1 aromatic rings. The van der Waals surface area contributed by atoms with Gasteiger partial charge in [-0.05, 0) is 19.1 Å². The maximum Gasteiger partial charge on any atom is 0.244 e. The van der Waals surface area contributed by atoms with Crippen molar-refractivity contribution in [1.29, 1.82) is 0 Å². The second-order valence-electron chi connectivity index (χ2n) is 5.13. The molecule has 0 saturated heterocycles. The van der Waals surface area contributed by atoms with Crippen LogP contribution < -0.4 is 5.32 Å². The lowest BCUT2D eigenvalue weighted by Crippen LogP contribution is -2.36. The Bertz CT molecular complexity index is 616. The molecule has 24 heavy (non-hydrogen) atoms. The summed E-state index contributed by atoms with van der Waals surface area (Å²) in [6.45, 7) is 6.72. The van der Waals surface area contributed by atoms with Crippen LogP contribution in [0.3, 0.4) is 0 Å². The van der Waals surface area contributed by atoms with Crippen LogP contribution in [0.25, 0.3) is 0 Å². The van der Waals surface area contributed by atoms with Gasteiger partial charge in [-0.15, -0.1) is 0 Å². The number of pyridine rings is 1. The predicted molar refractivity (Wildman–Crippen MR) is 94.5 cm³/mol. The van der Waals surface area contributed by atoms with Crippen LogP contribution in [0.2, 0.25) is 0 Å². The highest BCUT2D eigenvalue weighted by atomic mass is 32.2. The lowest BCUT2D eigenvalue weighted by molar-refractivity contribution is -0.119. The highest BCUT2D eigenvalue weighted by molar-refractivity contribution is 7.99. The van der Waals surface area contributed by atoms with Gasteiger partial charge in [0.2, 0.25) is 15.9 Å². The molecule has 9 heteroatoms. The van der Waals surface area contributed by atoms with Gasteiger partial charge in [0.25, 0.3) is 0 Å². The molecule has 0 fully saturated rings. The molecule has 0 aliphatic carbocycles. The summed E-state index contributed by atoms with van der Waals surface area (Å²) in [7, 11) is -1.92. The first kappa shape index (κ1) is 20.9. The van der Waals surface area contributed by atoms with Crippen molar-refractivity contribution in [2.75, 3.05) is 32.6 Å². The summed E-state index contributed by atoms with van der Waals surface area (Å²) in [4.78, 5) is 16.1. The number of hydrogen-bond donors (Lipinski definition) is 1. The van der Waals surface area contributed by atoms with E-state index in [1.807, 2.05) is 6.92 Å². The number of rotatable bonds is 10. The Kier molecular flexibility index (Phi) is 8.68. The summed E-state index contributed by atoms with van der Waals surface area (Å²) >= 11 is 1.26. The molecule has 1 N–H and O–H groups in total. The molecule has 1 rings (SSSR count). The van der Waals surface area contributed by atoms with E-state index < -0.39 is 10.0 Å². The van der Waals surface area contributed by atoms with Crippen molar-refractivity contribution in [3.8, 4) is 0 Å². The number of sulfonamides is 1. The first-order valence-electron chi connectivity index (χ1n) is 7.72. The van der Waals surface area contributed by atoms with Crippen molar-refractivity contribution in [2.24, 2.45) is 0 Å². The van der Waals surface area contributed by atoms with E-state index in [4.69, 9.17) is 4.74 Å². The molecule has 1 heterocycles. The van der Waals surface area contributed by atoms with Crippen LogP contribution >= 0.6 is 11.8 Å². The largest absolute Gasteiger partial charge is 0.383 e. The summed E-state index contributed by atoms with van der Waals surface area (Å²) < 4.78 is 31.0. The van der Waals surface area contributed by atoms with E-state index in [-0.39, 0.29) is 22.6 Å². The van der Waals surface area contributed by atoms with E-state index in [1.54, 1.807) is 27.0 Å². The Balaban J connectivity index is 2.64. The van der Waals surface area contributed by atoms with Gasteiger partial charge in [-0.25, -0.2) is 13.4 Å². The second-order valence-corrected chi connectivity index (χ2v) is 8.07. The van der Waals surface area contributed by atoms with Gasteiger partial charge >= 0.3 is 0 Å². The van der Waals surface area contributed by atoms with Crippen molar-refractivity contribution >= 4 is 27.7 Å². The quantitative estimate of drug-likeness (QED) is 0.621. The Labute approximate surface area is 148 Å². The standard InChI is InChI=1S/C15H25N3O4S2/c1-5-18(6-2)24(20,21)13-7-8-15(16-9-13)23-11-14(19)17-12(3)10-22-4/h7-9,12H,5-6,10-11H2,1-4H3,(H,17,19)/t12-/m0/s1. The van der Waals surface area contributed by atoms with Crippen molar-refractivity contribution in [3.05, 3.63) is 18.3 Å². The van der Waals surface area contributed by atoms with Crippen LogP contribution in [0, 0.1) is 0 Å². The first-order valence-corrected chi connectivity index (χ1v) is 10.1. The SMILES string of the molecule is CCN(CC)S(=O)(=O)c1ccc(SCC(=O)N[C@@H](C)COC)nc1. The predicted octanol–water partition coefficient (Wildman–Crippen LogP) is 1.36. The Morgan fingerprint density at radius 1 is 1.38 bits per heavy atom. The van der Waals surface area contributed by atoms with Crippen LogP contribution in [0.1, 0.15) is 20.8 Å². The number of thioether (sulfide) groups is 1. The van der Waals surface area contributed by atoms with Gasteiger partial charge in [0.05, 0.1) is 17.4 Å². The molecule has 136 valence electrons. The van der Waals surface area contributed by atoms with E-state index in [9.17, 15) is 13.2 Å². The fourth-order valence-electron chi connectivity index (χ4n) is 2.06. The van der Waals surface area contributed by atoms with E-state index in [2.05, 4.69) is 10.3 Å². The molecule has 1 amide bonds. The zero-order valence-electron chi connectivity index (χ0n) is 14.5. The molecule has 7 nitrogen and oxygen atoms in total. The highest BCUT2D eigenvalue weighted by Crippen LogP contribution is 2.19. The number of methoxy groups -OCH3 is 1. The number of carbonyl (C=O) groups is 1. The van der Waals surface area contributed by atoms with E-state index in [1.165, 1.54) is 28.3 Å². The Morgan fingerprint density at radius 3 is 2.54 bits per heavy atom. The average molecular weight is 376 g/mol. The third-order valence-electron chi connectivity index (χ3n) is 3.23. The molecule has 0 aliphatic heterocycles. The smallest absolute Gasteiger partial charge is 0.244 e. The fraction of sp³-hybridized carbons (Fsp3) is 0.600. The number of nitrogens with zero attached hydrogens (tertiary/aromatic N) is 2. The van der Waals surface area contributed by atoms with Crippen molar-refractivity contribution in [3.63, 3.8) is 0 Å². The molecule has 0 aliphatic rings. The number of hydrogen-bond acceptors (Lipinski definition) is 6. The van der Waals surface area contributed by atoms with E-state index in [0.717, 1.165) is 0 Å². The van der Waals surface area contributed by atoms with Crippen molar-refractivity contribution < 1.29 is 17.9 Å². The van der Waals surface area contributed by atoms with Gasteiger partial charge < -0.3 is 10.1 Å². The van der Waals surface area contributed by atoms with Gasteiger partial charge in [-0.2, -0.15) is 4.31 Å². The summed E-state index contributed by atoms with van der Waals surface area (Å²) in [5, 5.41) is 3.40. The monoisotopic (exact) mass is 375 g/mol. The van der Waals surface area contributed by atoms with Crippen LogP contribution in [-0.2, 0) is 19.6 Å². The minimum Gasteiger partial charge on any atom is -0.383 e. The van der Waals surface area contributed by atoms with E-state index in [0.29, 0.717) is 24.7 Å². The summed E-state index contributed by atoms with van der Waals surface area (Å²) in [6, 6.07) is 3.08. The molecule has 0 spiro atoms. The Morgan fingerprint density at radius 2 is 2.04 bits per heavy atom. The molecular formula is C15H25N3O4S2. The lowest BCUT2D eigenvalue weighted by Gasteiger charge is -2.18. The molecule has 0 radical (unpaired) electrons. The van der Waals surface area contributed by atoms with Crippen LogP contribution in [-0.4, -0.2) is 62.2 Å². The number of amides is 1. The molecule has 1 atom stereocenters. The summed E-state index contributed by atoms with van der Waals surface area (Å²) in [5.41, 5.74) is 0. The zero-order valence-corrected chi connectivity index (χ0v) is 16.1. The minimum absolute atomic E-state index is 0.0577. The molecule has 0 aromatic carbocycles. The van der Waals surface area contributed by atoms with Crippen LogP contribution in [0.15, 0.2) is 28.3 Å². The minimum atomic E-state index is -3.50. The number of ether oxygens (including phenoxy) is 1. The van der Waals surface area contributed by atoms with Gasteiger partial charge in [0.15, 0.2) is 0 Å². The highest BCUT2D eigenvalue weighted by Gasteiger charge is 2.21. The molecule has 0 bridgehead atoms. The van der Waals surface area contributed by atoms with Gasteiger partial charge in [0.1, 0.15) is 4.90 Å².